The van der Waals surface area contributed by atoms with E-state index in [0.29, 0.717) is 43.9 Å². The second-order valence-corrected chi connectivity index (χ2v) is 17.7. The zero-order valence-electron chi connectivity index (χ0n) is 28.6. The summed E-state index contributed by atoms with van der Waals surface area (Å²) in [4.78, 5) is 6.99. The molecule has 3 aromatic rings. The number of aromatic nitrogens is 1. The van der Waals surface area contributed by atoms with Crippen LogP contribution in [0.2, 0.25) is 5.02 Å². The monoisotopic (exact) mass is 705 g/mol. The first-order valence-electron chi connectivity index (χ1n) is 17.7. The van der Waals surface area contributed by atoms with Gasteiger partial charge < -0.3 is 19.8 Å². The number of allylic oxidation sites excluding steroid dienone is 1. The summed E-state index contributed by atoms with van der Waals surface area (Å²) in [5, 5.41) is 23.8. The molecule has 10 heteroatoms. The number of hydrogen-bond donors (Lipinski definition) is 3. The highest BCUT2D eigenvalue weighted by Crippen LogP contribution is 2.49. The fourth-order valence-electron chi connectivity index (χ4n) is 8.64. The Bertz CT molecular complexity index is 1850. The van der Waals surface area contributed by atoms with Gasteiger partial charge >= 0.3 is 0 Å². The number of ether oxygens (including phenoxy) is 1. The second-order valence-electron chi connectivity index (χ2n) is 15.2. The van der Waals surface area contributed by atoms with Crippen molar-refractivity contribution in [3.8, 4) is 5.75 Å². The van der Waals surface area contributed by atoms with Gasteiger partial charge in [-0.2, -0.15) is 4.72 Å². The summed E-state index contributed by atoms with van der Waals surface area (Å²) in [6.45, 7) is 7.46. The number of sulfonamides is 1. The second kappa shape index (κ2) is 13.3. The van der Waals surface area contributed by atoms with Gasteiger partial charge in [-0.25, -0.2) is 8.42 Å². The zero-order chi connectivity index (χ0) is 34.6. The SMILES string of the molecule is Cc1ccnc(C[C@]2(O)/C=C/C[C@H](C)[C@@H](C)S(=O)(=O)NC(O)c3ccc4c(c3)N(C[C@@H]3CC[C@H]32)C[C@@]2(CCCc3cc(Cl)ccc32)CO4)c1. The third-order valence-corrected chi connectivity index (χ3v) is 14.0. The Labute approximate surface area is 295 Å². The number of aliphatic hydroxyl groups excluding tert-OH is 1. The molecule has 7 rings (SSSR count). The van der Waals surface area contributed by atoms with Crippen LogP contribution in [0.5, 0.6) is 5.75 Å². The molecule has 262 valence electrons. The molecule has 2 bridgehead atoms. The first-order valence-corrected chi connectivity index (χ1v) is 19.6. The Morgan fingerprint density at radius 3 is 2.73 bits per heavy atom. The number of aliphatic hydroxyl groups is 2. The van der Waals surface area contributed by atoms with Crippen LogP contribution in [0.15, 0.2) is 66.9 Å². The Morgan fingerprint density at radius 1 is 1.12 bits per heavy atom. The van der Waals surface area contributed by atoms with Crippen molar-refractivity contribution in [1.29, 1.82) is 0 Å². The van der Waals surface area contributed by atoms with E-state index in [1.807, 2.05) is 56.3 Å². The number of pyridine rings is 1. The number of rotatable bonds is 2. The van der Waals surface area contributed by atoms with Crippen LogP contribution in [0.4, 0.5) is 5.69 Å². The maximum atomic E-state index is 13.5. The van der Waals surface area contributed by atoms with Crippen molar-refractivity contribution < 1.29 is 23.4 Å². The van der Waals surface area contributed by atoms with Crippen LogP contribution in [0, 0.1) is 24.7 Å². The lowest BCUT2D eigenvalue weighted by atomic mass is 9.62. The lowest BCUT2D eigenvalue weighted by Gasteiger charge is -2.49. The minimum Gasteiger partial charge on any atom is -0.490 e. The van der Waals surface area contributed by atoms with Crippen LogP contribution in [-0.4, -0.2) is 54.2 Å². The first kappa shape index (κ1) is 34.5. The van der Waals surface area contributed by atoms with Crippen molar-refractivity contribution in [3.05, 3.63) is 99.9 Å². The molecule has 2 aliphatic heterocycles. The van der Waals surface area contributed by atoms with E-state index in [1.165, 1.54) is 11.1 Å². The molecule has 8 nitrogen and oxygen atoms in total. The van der Waals surface area contributed by atoms with Gasteiger partial charge in [0.05, 0.1) is 23.1 Å². The van der Waals surface area contributed by atoms with Crippen molar-refractivity contribution in [2.24, 2.45) is 17.8 Å². The molecule has 1 unspecified atom stereocenters. The van der Waals surface area contributed by atoms with Gasteiger partial charge in [-0.05, 0) is 129 Å². The summed E-state index contributed by atoms with van der Waals surface area (Å²) >= 11 is 6.46. The predicted molar refractivity (Wildman–Crippen MR) is 193 cm³/mol. The third kappa shape index (κ3) is 6.77. The Morgan fingerprint density at radius 2 is 1.96 bits per heavy atom. The molecule has 2 aromatic carbocycles. The molecule has 0 amide bonds. The van der Waals surface area contributed by atoms with Gasteiger partial charge in [-0.15, -0.1) is 0 Å². The van der Waals surface area contributed by atoms with Crippen LogP contribution < -0.4 is 14.4 Å². The van der Waals surface area contributed by atoms with Gasteiger partial charge in [0.2, 0.25) is 10.0 Å². The van der Waals surface area contributed by atoms with E-state index in [2.05, 4.69) is 26.7 Å². The van der Waals surface area contributed by atoms with E-state index in [4.69, 9.17) is 16.3 Å². The molecule has 3 heterocycles. The lowest BCUT2D eigenvalue weighted by molar-refractivity contribution is -0.0452. The highest BCUT2D eigenvalue weighted by Gasteiger charge is 2.48. The van der Waals surface area contributed by atoms with Gasteiger partial charge in [0.25, 0.3) is 0 Å². The van der Waals surface area contributed by atoms with Crippen molar-refractivity contribution in [2.75, 3.05) is 24.6 Å². The standard InChI is InChI=1S/C39H48ClN3O5S/c1-25-14-17-41-32(18-25)21-39(45)16-4-6-26(2)27(3)49(46,47)42-37(44)29-9-13-36-35(20-29)43(22-30-8-11-34(30)39)23-38(24-48-36)15-5-7-28-19-31(40)10-12-33(28)38/h4,9-10,12-14,16-20,26-27,30,34,37,42,44-45H,5-8,11,15,21-24H2,1-3H3/b16-4+/t26-,27+,30-,34+,37?,38-,39+/m0/s1. The summed E-state index contributed by atoms with van der Waals surface area (Å²) in [6, 6.07) is 15.7. The number of nitrogens with one attached hydrogen (secondary N) is 1. The fourth-order valence-corrected chi connectivity index (χ4v) is 10.2. The molecular formula is C39H48ClN3O5S. The lowest BCUT2D eigenvalue weighted by Crippen LogP contribution is -2.53. The number of aryl methyl sites for hydroxylation is 2. The van der Waals surface area contributed by atoms with Crippen LogP contribution >= 0.6 is 11.6 Å². The van der Waals surface area contributed by atoms with Gasteiger partial charge in [0, 0.05) is 41.8 Å². The summed E-state index contributed by atoms with van der Waals surface area (Å²) in [6.07, 6.45) is 9.89. The molecule has 49 heavy (non-hydrogen) atoms. The van der Waals surface area contributed by atoms with E-state index in [1.54, 1.807) is 19.2 Å². The van der Waals surface area contributed by atoms with Crippen LogP contribution in [0.1, 0.15) is 80.1 Å². The summed E-state index contributed by atoms with van der Waals surface area (Å²) < 4.78 is 36.2. The molecule has 3 N–H and O–H groups in total. The number of fused-ring (bicyclic) bond motifs is 4. The average molecular weight is 706 g/mol. The van der Waals surface area contributed by atoms with E-state index in [0.717, 1.165) is 54.1 Å². The maximum absolute atomic E-state index is 13.5. The minimum absolute atomic E-state index is 0.0214. The highest BCUT2D eigenvalue weighted by molar-refractivity contribution is 7.90. The number of nitrogens with zero attached hydrogens (tertiary/aromatic N) is 2. The number of anilines is 1. The fraction of sp³-hybridized carbons (Fsp3) is 0.513. The minimum atomic E-state index is -3.89. The average Bonchev–Trinajstić information content (AvgIpc) is 3.18. The molecule has 1 aromatic heterocycles. The molecular weight excluding hydrogens is 658 g/mol. The van der Waals surface area contributed by atoms with Gasteiger partial charge in [0.1, 0.15) is 12.0 Å². The normalized spacial score (nSPS) is 33.3. The Kier molecular flexibility index (Phi) is 9.37. The van der Waals surface area contributed by atoms with Crippen molar-refractivity contribution in [2.45, 2.75) is 88.2 Å². The smallest absolute Gasteiger partial charge is 0.216 e. The molecule has 1 spiro atoms. The van der Waals surface area contributed by atoms with Crippen LogP contribution in [0.3, 0.4) is 0 Å². The molecule has 1 saturated carbocycles. The van der Waals surface area contributed by atoms with Crippen LogP contribution in [-0.2, 0) is 28.3 Å². The quantitative estimate of drug-likeness (QED) is 0.264. The molecule has 1 fully saturated rings. The number of hydrogen-bond acceptors (Lipinski definition) is 7. The van der Waals surface area contributed by atoms with E-state index >= 15 is 0 Å². The molecule has 4 aliphatic rings. The van der Waals surface area contributed by atoms with Gasteiger partial charge in [-0.1, -0.05) is 42.8 Å². The van der Waals surface area contributed by atoms with Crippen LogP contribution in [0.25, 0.3) is 0 Å². The first-order chi connectivity index (χ1) is 23.4. The van der Waals surface area contributed by atoms with Gasteiger partial charge in [0.15, 0.2) is 0 Å². The zero-order valence-corrected chi connectivity index (χ0v) is 30.2. The van der Waals surface area contributed by atoms with Crippen molar-refractivity contribution in [3.63, 3.8) is 0 Å². The third-order valence-electron chi connectivity index (χ3n) is 11.8. The van der Waals surface area contributed by atoms with E-state index in [9.17, 15) is 18.6 Å². The number of benzene rings is 2. The molecule has 2 aliphatic carbocycles. The predicted octanol–water partition coefficient (Wildman–Crippen LogP) is 6.41. The summed E-state index contributed by atoms with van der Waals surface area (Å²) in [5.74, 6) is 0.613. The molecule has 0 saturated heterocycles. The molecule has 0 radical (unpaired) electrons. The largest absolute Gasteiger partial charge is 0.490 e. The van der Waals surface area contributed by atoms with E-state index < -0.39 is 27.1 Å². The van der Waals surface area contributed by atoms with Crippen molar-refractivity contribution >= 4 is 27.3 Å². The Balaban J connectivity index is 1.32. The Hall–Kier alpha value is -2.95. The maximum Gasteiger partial charge on any atom is 0.216 e. The van der Waals surface area contributed by atoms with E-state index in [-0.39, 0.29) is 23.2 Å². The summed E-state index contributed by atoms with van der Waals surface area (Å²) in [5.41, 5.74) is 4.28. The highest BCUT2D eigenvalue weighted by atomic mass is 35.5. The summed E-state index contributed by atoms with van der Waals surface area (Å²) in [7, 11) is -3.89. The van der Waals surface area contributed by atoms with Gasteiger partial charge in [-0.3, -0.25) is 4.98 Å². The number of halogens is 1. The topological polar surface area (TPSA) is 112 Å². The molecule has 7 atom stereocenters. The van der Waals surface area contributed by atoms with Crippen molar-refractivity contribution in [1.82, 2.24) is 9.71 Å².